The lowest BCUT2D eigenvalue weighted by Gasteiger charge is -2.09. The fourth-order valence-electron chi connectivity index (χ4n) is 1.35. The Morgan fingerprint density at radius 1 is 0.600 bits per heavy atom. The number of hydrogen-bond acceptors (Lipinski definition) is 17. The fourth-order valence-corrected chi connectivity index (χ4v) is 1.35. The predicted octanol–water partition coefficient (Wildman–Crippen LogP) is 1.39. The van der Waals surface area contributed by atoms with E-state index in [0.717, 1.165) is 12.5 Å². The summed E-state index contributed by atoms with van der Waals surface area (Å²) < 4.78 is 19.4. The first-order valence-electron chi connectivity index (χ1n) is 9.09. The second-order valence-corrected chi connectivity index (χ2v) is 5.02. The normalized spacial score (nSPS) is 10.8. The number of carbonyl (C=O) groups is 2. The van der Waals surface area contributed by atoms with Crippen molar-refractivity contribution in [2.24, 2.45) is 0 Å². The lowest BCUT2D eigenvalue weighted by molar-refractivity contribution is -0.853. The first-order chi connectivity index (χ1) is 17.1. The Hall–Kier alpha value is -3.20. The molecule has 0 aromatic rings. The number of hydrogen-bond donors (Lipinski definition) is 0. The molecule has 0 rings (SSSR count). The molecule has 0 saturated heterocycles. The lowest BCUT2D eigenvalue weighted by atomic mass is 10.3. The minimum absolute atomic E-state index is 0.0568. The van der Waals surface area contributed by atoms with Crippen LogP contribution in [-0.4, -0.2) is 50.6 Å². The Morgan fingerprint density at radius 2 is 1.09 bits per heavy atom. The second-order valence-electron chi connectivity index (χ2n) is 5.02. The molecule has 198 valence electrons. The van der Waals surface area contributed by atoms with Gasteiger partial charge in [-0.1, -0.05) is 26.3 Å². The first kappa shape index (κ1) is 31.8. The van der Waals surface area contributed by atoms with Gasteiger partial charge < -0.3 is 23.8 Å². The summed E-state index contributed by atoms with van der Waals surface area (Å²) in [5, 5.41) is 34.2. The molecular weight excluding hydrogens is 488 g/mol. The summed E-state index contributed by atoms with van der Waals surface area (Å²) in [5.41, 5.74) is 0. The van der Waals surface area contributed by atoms with Crippen LogP contribution in [0.2, 0.25) is 0 Å². The van der Waals surface area contributed by atoms with E-state index in [1.54, 1.807) is 0 Å². The molecule has 0 atom stereocenters. The van der Waals surface area contributed by atoms with Gasteiger partial charge in [0.2, 0.25) is 0 Å². The fraction of sp³-hybridized carbons (Fsp3) is 0.333. The van der Waals surface area contributed by atoms with E-state index >= 15 is 0 Å². The topological polar surface area (TPSA) is 173 Å². The molecule has 17 nitrogen and oxygen atoms in total. The monoisotopic (exact) mass is 512 g/mol. The molecule has 0 aliphatic carbocycles. The molecular formula is C18H24O17. The van der Waals surface area contributed by atoms with E-state index in [4.69, 9.17) is 18.9 Å². The summed E-state index contributed by atoms with van der Waals surface area (Å²) in [7, 11) is 0. The highest BCUT2D eigenvalue weighted by atomic mass is 17.9. The van der Waals surface area contributed by atoms with Crippen LogP contribution in [0.1, 0.15) is 0 Å². The van der Waals surface area contributed by atoms with Crippen LogP contribution in [0.15, 0.2) is 63.1 Å². The molecule has 0 spiro atoms. The van der Waals surface area contributed by atoms with E-state index in [2.05, 4.69) is 81.4 Å². The molecule has 0 heterocycles. The summed E-state index contributed by atoms with van der Waals surface area (Å²) in [4.78, 5) is 31.3. The largest absolute Gasteiger partial charge is 0.486 e. The molecule has 0 saturated carbocycles. The van der Waals surface area contributed by atoms with Gasteiger partial charge in [-0.15, -0.1) is 0 Å². The van der Waals surface area contributed by atoms with E-state index in [1.807, 2.05) is 0 Å². The van der Waals surface area contributed by atoms with Gasteiger partial charge in [0.1, 0.15) is 31.7 Å². The molecule has 0 fully saturated rings. The van der Waals surface area contributed by atoms with Crippen LogP contribution < -0.4 is 0 Å². The maximum absolute atomic E-state index is 11.3. The van der Waals surface area contributed by atoms with Gasteiger partial charge in [-0.3, -0.25) is 0 Å². The summed E-state index contributed by atoms with van der Waals surface area (Å²) in [6.45, 7) is 12.8. The summed E-state index contributed by atoms with van der Waals surface area (Å²) in [6.07, 6.45) is 6.04. The molecule has 0 aromatic carbocycles. The summed E-state index contributed by atoms with van der Waals surface area (Å²) in [6, 6.07) is 0. The van der Waals surface area contributed by atoms with E-state index in [1.165, 1.54) is 24.3 Å². The Labute approximate surface area is 198 Å². The number of carbonyl (C=O) groups excluding carboxylic acids is 2. The van der Waals surface area contributed by atoms with Gasteiger partial charge >= 0.3 is 11.9 Å². The molecule has 0 bridgehead atoms. The maximum atomic E-state index is 11.3. The van der Waals surface area contributed by atoms with E-state index in [-0.39, 0.29) is 19.8 Å². The van der Waals surface area contributed by atoms with Crippen molar-refractivity contribution in [2.45, 2.75) is 12.2 Å². The van der Waals surface area contributed by atoms with Crippen molar-refractivity contribution in [3.63, 3.8) is 0 Å². The Morgan fingerprint density at radius 3 is 1.63 bits per heavy atom. The van der Waals surface area contributed by atoms with Gasteiger partial charge in [-0.2, -0.15) is 0 Å². The highest BCUT2D eigenvalue weighted by Crippen LogP contribution is 1.97. The third kappa shape index (κ3) is 21.1. The Balaban J connectivity index is 3.34. The molecule has 0 radical (unpaired) electrons. The van der Waals surface area contributed by atoms with E-state index < -0.39 is 30.8 Å². The molecule has 0 aliphatic heterocycles. The molecule has 17 heteroatoms. The van der Waals surface area contributed by atoms with Crippen molar-refractivity contribution < 1.29 is 83.7 Å². The van der Waals surface area contributed by atoms with Crippen LogP contribution in [0.4, 0.5) is 0 Å². The molecule has 35 heavy (non-hydrogen) atoms. The summed E-state index contributed by atoms with van der Waals surface area (Å²) in [5.74, 6) is -1.31. The van der Waals surface area contributed by atoms with Gasteiger partial charge in [0.25, 0.3) is 0 Å². The minimum atomic E-state index is -0.677. The maximum Gasteiger partial charge on any atom is 0.345 e. The smallest absolute Gasteiger partial charge is 0.345 e. The zero-order valence-electron chi connectivity index (χ0n) is 18.2. The average molecular weight is 512 g/mol. The quantitative estimate of drug-likeness (QED) is 0.0428. The van der Waals surface area contributed by atoms with Crippen LogP contribution in [0.25, 0.3) is 0 Å². The summed E-state index contributed by atoms with van der Waals surface area (Å²) >= 11 is 0. The van der Waals surface area contributed by atoms with Crippen molar-refractivity contribution in [1.82, 2.24) is 0 Å². The predicted molar refractivity (Wildman–Crippen MR) is 103 cm³/mol. The second kappa shape index (κ2) is 23.9. The van der Waals surface area contributed by atoms with Gasteiger partial charge in [0.05, 0.1) is 6.61 Å². The van der Waals surface area contributed by atoms with E-state index in [0.29, 0.717) is 0 Å². The SMILES string of the molecule is C=CC(C=C)OC(=O)CO/C=C/OOOOOOOOOOOCCOCC(=O)OC(C=C)C=C. The third-order valence-electron chi connectivity index (χ3n) is 2.71. The van der Waals surface area contributed by atoms with Crippen molar-refractivity contribution in [3.05, 3.63) is 63.1 Å². The highest BCUT2D eigenvalue weighted by Gasteiger charge is 2.08. The van der Waals surface area contributed by atoms with Crippen molar-refractivity contribution >= 4 is 11.9 Å². The van der Waals surface area contributed by atoms with Crippen LogP contribution in [0, 0.1) is 0 Å². The number of esters is 2. The lowest BCUT2D eigenvalue weighted by Crippen LogP contribution is -2.19. The van der Waals surface area contributed by atoms with E-state index in [9.17, 15) is 9.59 Å². The van der Waals surface area contributed by atoms with Crippen molar-refractivity contribution in [2.75, 3.05) is 26.4 Å². The first-order valence-corrected chi connectivity index (χ1v) is 9.09. The van der Waals surface area contributed by atoms with Gasteiger partial charge in [0, 0.05) is 25.2 Å². The zero-order chi connectivity index (χ0) is 26.0. The van der Waals surface area contributed by atoms with Gasteiger partial charge in [-0.25, -0.2) is 14.5 Å². The highest BCUT2D eigenvalue weighted by molar-refractivity contribution is 5.71. The number of rotatable bonds is 25. The zero-order valence-corrected chi connectivity index (χ0v) is 18.2. The Bertz CT molecular complexity index is 621. The van der Waals surface area contributed by atoms with Gasteiger partial charge in [0.15, 0.2) is 12.9 Å². The van der Waals surface area contributed by atoms with Crippen LogP contribution >= 0.6 is 0 Å². The van der Waals surface area contributed by atoms with Crippen LogP contribution in [0.3, 0.4) is 0 Å². The van der Waals surface area contributed by atoms with Crippen LogP contribution in [-0.2, 0) is 83.7 Å². The molecule has 0 amide bonds. The third-order valence-corrected chi connectivity index (χ3v) is 2.71. The Kier molecular flexibility index (Phi) is 21.8. The molecule has 0 N–H and O–H groups in total. The average Bonchev–Trinajstić information content (AvgIpc) is 2.87. The molecule has 0 unspecified atom stereocenters. The van der Waals surface area contributed by atoms with Crippen molar-refractivity contribution in [1.29, 1.82) is 0 Å². The number of ether oxygens (including phenoxy) is 4. The molecule has 0 aliphatic rings. The standard InChI is InChI=1S/C18H24O17/c1-5-15(6-2)25-17(19)13-21-9-11-23-27-29-31-33-35-34-32-30-28-24-12-10-22-14-18(20)26-16(7-3)8-4/h5-9,11,15-16H,1-4,10,12-14H2/b11-9+. The van der Waals surface area contributed by atoms with Gasteiger partial charge in [-0.05, 0) is 44.5 Å². The molecule has 0 aromatic heterocycles. The van der Waals surface area contributed by atoms with Crippen molar-refractivity contribution in [3.8, 4) is 0 Å². The minimum Gasteiger partial charge on any atom is -0.486 e. The van der Waals surface area contributed by atoms with Crippen LogP contribution in [0.5, 0.6) is 0 Å².